The SMILES string of the molecule is CC(=O)c1ccc(N2CCN(C(=O)/C=C/c3cnn(Cc4ccccc4)c3)CC2)cc1. The molecule has 6 nitrogen and oxygen atoms in total. The molecule has 0 atom stereocenters. The normalized spacial score (nSPS) is 14.2. The third-order valence-corrected chi connectivity index (χ3v) is 5.49. The quantitative estimate of drug-likeness (QED) is 0.458. The second kappa shape index (κ2) is 9.43. The van der Waals surface area contributed by atoms with Gasteiger partial charge in [0, 0.05) is 55.3 Å². The summed E-state index contributed by atoms with van der Waals surface area (Å²) in [6, 6.07) is 17.8. The van der Waals surface area contributed by atoms with Crippen molar-refractivity contribution in [1.82, 2.24) is 14.7 Å². The number of piperazine rings is 1. The van der Waals surface area contributed by atoms with Crippen molar-refractivity contribution >= 4 is 23.5 Å². The molecule has 0 aliphatic carbocycles. The maximum atomic E-state index is 12.6. The Bertz CT molecular complexity index is 1060. The first-order valence-electron chi connectivity index (χ1n) is 10.5. The van der Waals surface area contributed by atoms with E-state index in [1.54, 1.807) is 19.2 Å². The lowest BCUT2D eigenvalue weighted by Gasteiger charge is -2.35. The number of benzene rings is 2. The van der Waals surface area contributed by atoms with Crippen molar-refractivity contribution in [2.24, 2.45) is 0 Å². The predicted molar refractivity (Wildman–Crippen MR) is 122 cm³/mol. The summed E-state index contributed by atoms with van der Waals surface area (Å²) < 4.78 is 1.87. The molecule has 1 aliphatic heterocycles. The minimum atomic E-state index is 0.0161. The lowest BCUT2D eigenvalue weighted by Crippen LogP contribution is -2.48. The first-order valence-corrected chi connectivity index (χ1v) is 10.5. The van der Waals surface area contributed by atoms with Crippen LogP contribution in [0.4, 0.5) is 5.69 Å². The Morgan fingerprint density at radius 3 is 2.35 bits per heavy atom. The molecule has 6 heteroatoms. The van der Waals surface area contributed by atoms with Gasteiger partial charge in [-0.15, -0.1) is 0 Å². The van der Waals surface area contributed by atoms with Crippen LogP contribution in [0.15, 0.2) is 73.1 Å². The molecule has 0 N–H and O–H groups in total. The Labute approximate surface area is 182 Å². The van der Waals surface area contributed by atoms with Crippen molar-refractivity contribution < 1.29 is 9.59 Å². The summed E-state index contributed by atoms with van der Waals surface area (Å²) in [7, 11) is 0. The molecule has 0 spiro atoms. The molecule has 4 rings (SSSR count). The average molecular weight is 415 g/mol. The summed E-state index contributed by atoms with van der Waals surface area (Å²) in [6.07, 6.45) is 7.17. The summed E-state index contributed by atoms with van der Waals surface area (Å²) in [4.78, 5) is 28.1. The summed E-state index contributed by atoms with van der Waals surface area (Å²) in [6.45, 7) is 5.16. The molecule has 0 saturated carbocycles. The molecule has 0 radical (unpaired) electrons. The summed E-state index contributed by atoms with van der Waals surface area (Å²) in [5.74, 6) is 0.0850. The van der Waals surface area contributed by atoms with Gasteiger partial charge in [0.2, 0.25) is 5.91 Å². The Kier molecular flexibility index (Phi) is 6.26. The number of ketones is 1. The first-order chi connectivity index (χ1) is 15.1. The summed E-state index contributed by atoms with van der Waals surface area (Å²) in [5.41, 5.74) is 3.90. The minimum Gasteiger partial charge on any atom is -0.368 e. The van der Waals surface area contributed by atoms with Gasteiger partial charge in [-0.2, -0.15) is 5.10 Å². The van der Waals surface area contributed by atoms with Crippen molar-refractivity contribution in [1.29, 1.82) is 0 Å². The van der Waals surface area contributed by atoms with E-state index in [2.05, 4.69) is 22.1 Å². The van der Waals surface area contributed by atoms with E-state index < -0.39 is 0 Å². The van der Waals surface area contributed by atoms with Gasteiger partial charge < -0.3 is 9.80 Å². The molecule has 1 aromatic heterocycles. The smallest absolute Gasteiger partial charge is 0.246 e. The number of anilines is 1. The zero-order valence-corrected chi connectivity index (χ0v) is 17.6. The highest BCUT2D eigenvalue weighted by Crippen LogP contribution is 2.18. The number of rotatable bonds is 6. The lowest BCUT2D eigenvalue weighted by atomic mass is 10.1. The number of aromatic nitrogens is 2. The van der Waals surface area contributed by atoms with E-state index in [0.717, 1.165) is 29.9 Å². The number of carbonyl (C=O) groups excluding carboxylic acids is 2. The number of amides is 1. The van der Waals surface area contributed by atoms with Gasteiger partial charge in [-0.1, -0.05) is 30.3 Å². The molecule has 158 valence electrons. The topological polar surface area (TPSA) is 58.4 Å². The first kappa shape index (κ1) is 20.6. The zero-order chi connectivity index (χ0) is 21.6. The number of hydrogen-bond donors (Lipinski definition) is 0. The van der Waals surface area contributed by atoms with Gasteiger partial charge >= 0.3 is 0 Å². The second-order valence-corrected chi connectivity index (χ2v) is 7.71. The van der Waals surface area contributed by atoms with Crippen molar-refractivity contribution in [2.75, 3.05) is 31.1 Å². The number of hydrogen-bond acceptors (Lipinski definition) is 4. The standard InChI is InChI=1S/C25H26N4O2/c1-20(30)23-8-10-24(11-9-23)27-13-15-28(16-14-27)25(31)12-7-22-17-26-29(19-22)18-21-5-3-2-4-6-21/h2-12,17,19H,13-16,18H2,1H3/b12-7+. The van der Waals surface area contributed by atoms with Gasteiger partial charge in [0.15, 0.2) is 5.78 Å². The highest BCUT2D eigenvalue weighted by Gasteiger charge is 2.20. The van der Waals surface area contributed by atoms with Crippen LogP contribution in [0.5, 0.6) is 0 Å². The third kappa shape index (κ3) is 5.28. The van der Waals surface area contributed by atoms with Crippen LogP contribution in [0.2, 0.25) is 0 Å². The third-order valence-electron chi connectivity index (χ3n) is 5.49. The number of carbonyl (C=O) groups is 2. The fourth-order valence-electron chi connectivity index (χ4n) is 3.69. The number of Topliss-reactive ketones (excluding diaryl/α,β-unsaturated/α-hetero) is 1. The molecule has 3 aromatic rings. The molecule has 2 aromatic carbocycles. The van der Waals surface area contributed by atoms with Crippen LogP contribution in [0.1, 0.15) is 28.4 Å². The maximum Gasteiger partial charge on any atom is 0.246 e. The largest absolute Gasteiger partial charge is 0.368 e. The molecule has 1 amide bonds. The number of nitrogens with zero attached hydrogens (tertiary/aromatic N) is 4. The van der Waals surface area contributed by atoms with Crippen LogP contribution >= 0.6 is 0 Å². The molecule has 1 aliphatic rings. The second-order valence-electron chi connectivity index (χ2n) is 7.71. The van der Waals surface area contributed by atoms with Crippen LogP contribution in [0.25, 0.3) is 6.08 Å². The molecule has 31 heavy (non-hydrogen) atoms. The maximum absolute atomic E-state index is 12.6. The van der Waals surface area contributed by atoms with E-state index in [1.807, 2.05) is 64.3 Å². The Morgan fingerprint density at radius 2 is 1.68 bits per heavy atom. The highest BCUT2D eigenvalue weighted by molar-refractivity contribution is 5.94. The Morgan fingerprint density at radius 1 is 0.968 bits per heavy atom. The predicted octanol–water partition coefficient (Wildman–Crippen LogP) is 3.50. The highest BCUT2D eigenvalue weighted by atomic mass is 16.2. The molecular weight excluding hydrogens is 388 g/mol. The minimum absolute atomic E-state index is 0.0161. The molecule has 1 fully saturated rings. The van der Waals surface area contributed by atoms with Gasteiger partial charge in [-0.05, 0) is 42.8 Å². The zero-order valence-electron chi connectivity index (χ0n) is 17.6. The fourth-order valence-corrected chi connectivity index (χ4v) is 3.69. The van der Waals surface area contributed by atoms with Crippen molar-refractivity contribution in [2.45, 2.75) is 13.5 Å². The summed E-state index contributed by atoms with van der Waals surface area (Å²) in [5, 5.41) is 4.38. The van der Waals surface area contributed by atoms with Gasteiger partial charge in [-0.25, -0.2) is 0 Å². The fraction of sp³-hybridized carbons (Fsp3) is 0.240. The molecule has 0 bridgehead atoms. The van der Waals surface area contributed by atoms with Crippen LogP contribution in [0.3, 0.4) is 0 Å². The van der Waals surface area contributed by atoms with Gasteiger partial charge in [-0.3, -0.25) is 14.3 Å². The Balaban J connectivity index is 1.29. The van der Waals surface area contributed by atoms with E-state index in [1.165, 1.54) is 5.56 Å². The van der Waals surface area contributed by atoms with Gasteiger partial charge in [0.05, 0.1) is 12.7 Å². The Hall–Kier alpha value is -3.67. The van der Waals surface area contributed by atoms with E-state index in [-0.39, 0.29) is 11.7 Å². The molecular formula is C25H26N4O2. The average Bonchev–Trinajstić information content (AvgIpc) is 3.25. The van der Waals surface area contributed by atoms with Crippen LogP contribution in [-0.4, -0.2) is 52.5 Å². The molecule has 2 heterocycles. The molecule has 1 saturated heterocycles. The van der Waals surface area contributed by atoms with Crippen molar-refractivity contribution in [3.8, 4) is 0 Å². The van der Waals surface area contributed by atoms with Gasteiger partial charge in [0.1, 0.15) is 0 Å². The van der Waals surface area contributed by atoms with Crippen LogP contribution in [-0.2, 0) is 11.3 Å². The van der Waals surface area contributed by atoms with Crippen molar-refractivity contribution in [3.05, 3.63) is 89.8 Å². The summed E-state index contributed by atoms with van der Waals surface area (Å²) >= 11 is 0. The van der Waals surface area contributed by atoms with E-state index in [4.69, 9.17) is 0 Å². The molecule has 0 unspecified atom stereocenters. The van der Waals surface area contributed by atoms with E-state index in [0.29, 0.717) is 19.6 Å². The van der Waals surface area contributed by atoms with E-state index >= 15 is 0 Å². The van der Waals surface area contributed by atoms with Crippen LogP contribution < -0.4 is 4.90 Å². The van der Waals surface area contributed by atoms with E-state index in [9.17, 15) is 9.59 Å². The monoisotopic (exact) mass is 414 g/mol. The van der Waals surface area contributed by atoms with Crippen LogP contribution in [0, 0.1) is 0 Å². The van der Waals surface area contributed by atoms with Crippen molar-refractivity contribution in [3.63, 3.8) is 0 Å². The van der Waals surface area contributed by atoms with Gasteiger partial charge in [0.25, 0.3) is 0 Å². The lowest BCUT2D eigenvalue weighted by molar-refractivity contribution is -0.126.